The van der Waals surface area contributed by atoms with Crippen LogP contribution in [-0.2, 0) is 35.4 Å². The lowest BCUT2D eigenvalue weighted by Crippen LogP contribution is -2.03. The summed E-state index contributed by atoms with van der Waals surface area (Å²) in [6, 6.07) is 0. The van der Waals surface area contributed by atoms with E-state index in [0.717, 1.165) is 0 Å². The van der Waals surface area contributed by atoms with Gasteiger partial charge in [0.1, 0.15) is 0 Å². The monoisotopic (exact) mass is 486 g/mol. The fraction of sp³-hybridized carbons (Fsp3) is 1.00. The van der Waals surface area contributed by atoms with E-state index in [2.05, 4.69) is 70.8 Å². The molecule has 0 rings (SSSR count). The molecule has 22 heavy (non-hydrogen) atoms. The maximum atomic E-state index is 6.04. The smallest absolute Gasteiger partial charge is 0.192 e. The molecule has 0 N–H and O–H groups in total. The minimum Gasteiger partial charge on any atom is -0.192 e. The Balaban J connectivity index is 5.36. The molecule has 0 aliphatic rings. The first-order valence-electron chi connectivity index (χ1n) is 7.94. The Labute approximate surface area is 168 Å². The van der Waals surface area contributed by atoms with E-state index in [1.807, 2.05) is 0 Å². The normalized spacial score (nSPS) is 13.4. The number of hydrogen-bond acceptors (Lipinski definition) is 6. The summed E-state index contributed by atoms with van der Waals surface area (Å²) in [5.74, 6) is 0. The van der Waals surface area contributed by atoms with Crippen molar-refractivity contribution in [2.75, 3.05) is 37.0 Å². The van der Waals surface area contributed by atoms with Crippen molar-refractivity contribution in [3.8, 4) is 0 Å². The van der Waals surface area contributed by atoms with Gasteiger partial charge in [-0.2, -0.15) is 29.2 Å². The zero-order chi connectivity index (χ0) is 17.4. The molecule has 0 unspecified atom stereocenters. The molecule has 0 aromatic rings. The average molecular weight is 487 g/mol. The highest BCUT2D eigenvalue weighted by molar-refractivity contribution is 9.12. The van der Waals surface area contributed by atoms with Crippen molar-refractivity contribution in [2.45, 2.75) is 41.5 Å². The van der Waals surface area contributed by atoms with E-state index in [-0.39, 0.29) is 0 Å². The Kier molecular flexibility index (Phi) is 14.0. The second kappa shape index (κ2) is 12.1. The molecule has 0 aromatic carbocycles. The Bertz CT molecular complexity index is 379. The molecule has 0 aliphatic heterocycles. The molecule has 0 saturated carbocycles. The van der Waals surface area contributed by atoms with Crippen LogP contribution in [0.5, 0.6) is 0 Å². The van der Waals surface area contributed by atoms with Gasteiger partial charge in [0, 0.05) is 0 Å². The van der Waals surface area contributed by atoms with Crippen LogP contribution in [0.2, 0.25) is 0 Å². The summed E-state index contributed by atoms with van der Waals surface area (Å²) in [4.78, 5) is 0. The molecule has 0 aliphatic carbocycles. The molecule has 0 bridgehead atoms. The average Bonchev–Trinajstić information content (AvgIpc) is 2.54. The maximum Gasteiger partial charge on any atom is 0.530 e. The van der Waals surface area contributed by atoms with Crippen molar-refractivity contribution in [3.63, 3.8) is 0 Å². The van der Waals surface area contributed by atoms with E-state index in [0.29, 0.717) is 0 Å². The Hall–Kier alpha value is 3.53. The van der Waals surface area contributed by atoms with Gasteiger partial charge in [0.05, 0.1) is 0 Å². The highest BCUT2D eigenvalue weighted by atomic mass is 33.2. The molecule has 0 amide bonds. The van der Waals surface area contributed by atoms with Crippen LogP contribution >= 0.6 is 45.0 Å². The van der Waals surface area contributed by atoms with Crippen LogP contribution in [0.25, 0.3) is 0 Å². The van der Waals surface area contributed by atoms with E-state index in [1.165, 1.54) is 37.0 Å². The standard InChI is InChI=1S/3C4H11PS2.Al/c3*1-3-5(6,7)4-2;/h3*3-4H2,1-2H3,(H,6,7);/q;;;+3/p-3. The second-order valence-electron chi connectivity index (χ2n) is 4.95. The summed E-state index contributed by atoms with van der Waals surface area (Å²) in [6.45, 7) is 13.7. The largest absolute Gasteiger partial charge is 0.530 e. The third-order valence-corrected chi connectivity index (χ3v) is 61.4. The summed E-state index contributed by atoms with van der Waals surface area (Å²) in [5.41, 5.74) is 0. The summed E-state index contributed by atoms with van der Waals surface area (Å²) in [7, 11) is 5.53. The van der Waals surface area contributed by atoms with Gasteiger partial charge in [-0.25, -0.2) is 0 Å². The van der Waals surface area contributed by atoms with Crippen molar-refractivity contribution in [2.24, 2.45) is 0 Å². The Morgan fingerprint density at radius 2 is 0.727 bits per heavy atom. The molecule has 0 spiro atoms. The van der Waals surface area contributed by atoms with Gasteiger partial charge in [-0.05, 0) is 52.7 Å². The number of rotatable bonds is 12. The lowest BCUT2D eigenvalue weighted by molar-refractivity contribution is 1.43. The molecule has 0 heterocycles. The van der Waals surface area contributed by atoms with Crippen LogP contribution in [0.4, 0.5) is 0 Å². The van der Waals surface area contributed by atoms with Crippen LogP contribution in [-0.4, -0.2) is 47.7 Å². The molecular formula is C12H30AlP3S6. The van der Waals surface area contributed by atoms with Crippen molar-refractivity contribution in [3.05, 3.63) is 0 Å². The molecule has 132 valence electrons. The number of hydrogen-bond donors (Lipinski definition) is 0. The summed E-state index contributed by atoms with van der Waals surface area (Å²) in [5, 5.41) is -3.71. The maximum absolute atomic E-state index is 6.04. The van der Waals surface area contributed by atoms with Gasteiger partial charge in [-0.15, -0.1) is 0 Å². The van der Waals surface area contributed by atoms with Gasteiger partial charge in [0.2, 0.25) is 0 Å². The van der Waals surface area contributed by atoms with Crippen molar-refractivity contribution >= 4 is 91.1 Å². The first kappa shape index (κ1) is 25.5. The lowest BCUT2D eigenvalue weighted by atomic mass is 11.0. The van der Waals surface area contributed by atoms with Gasteiger partial charge >= 0.3 is 10.8 Å². The van der Waals surface area contributed by atoms with Gasteiger partial charge in [0.25, 0.3) is 0 Å². The zero-order valence-corrected chi connectivity index (χ0v) is 23.3. The SMILES string of the molecule is CCP(=S)(CC)[S][Al]([S]P(=S)(CC)CC)[S]P(=S)(CC)CC. The Morgan fingerprint density at radius 1 is 0.545 bits per heavy atom. The second-order valence-corrected chi connectivity index (χ2v) is 44.0. The first-order chi connectivity index (χ1) is 10.1. The molecule has 0 atom stereocenters. The van der Waals surface area contributed by atoms with Gasteiger partial charge < -0.3 is 0 Å². The van der Waals surface area contributed by atoms with Crippen LogP contribution in [0.15, 0.2) is 0 Å². The van der Waals surface area contributed by atoms with E-state index < -0.39 is 26.5 Å². The van der Waals surface area contributed by atoms with E-state index in [9.17, 15) is 0 Å². The van der Waals surface area contributed by atoms with Gasteiger partial charge in [-0.1, -0.05) is 77.0 Å². The molecule has 0 fully saturated rings. The fourth-order valence-corrected chi connectivity index (χ4v) is 83.3. The highest BCUT2D eigenvalue weighted by Crippen LogP contribution is 2.74. The predicted octanol–water partition coefficient (Wildman–Crippen LogP) is 7.47. The van der Waals surface area contributed by atoms with E-state index >= 15 is 0 Å². The molecule has 0 aromatic heterocycles. The lowest BCUT2D eigenvalue weighted by Gasteiger charge is -2.29. The summed E-state index contributed by atoms with van der Waals surface area (Å²) >= 11 is 18.1. The van der Waals surface area contributed by atoms with E-state index in [4.69, 9.17) is 35.4 Å². The quantitative estimate of drug-likeness (QED) is 0.206. The summed E-state index contributed by atoms with van der Waals surface area (Å²) in [6.07, 6.45) is 7.06. The molecule has 10 heteroatoms. The molecule has 0 nitrogen and oxygen atoms in total. The molecular weight excluding hydrogens is 456 g/mol. The topological polar surface area (TPSA) is 0 Å². The Morgan fingerprint density at radius 3 is 0.864 bits per heavy atom. The summed E-state index contributed by atoms with van der Waals surface area (Å²) < 4.78 is 0. The first-order valence-corrected chi connectivity index (χ1v) is 26.2. The minimum absolute atomic E-state index is 1.13. The third-order valence-electron chi connectivity index (χ3n) is 3.73. The van der Waals surface area contributed by atoms with Gasteiger partial charge in [-0.3, -0.25) is 0 Å². The van der Waals surface area contributed by atoms with Gasteiger partial charge in [0.15, 0.2) is 0 Å². The van der Waals surface area contributed by atoms with E-state index in [1.54, 1.807) is 0 Å². The van der Waals surface area contributed by atoms with Crippen LogP contribution < -0.4 is 0 Å². The predicted molar refractivity (Wildman–Crippen MR) is 135 cm³/mol. The zero-order valence-electron chi connectivity index (χ0n) is 14.6. The fourth-order valence-electron chi connectivity index (χ4n) is 1.65. The minimum atomic E-state index is -1.24. The van der Waals surface area contributed by atoms with Crippen LogP contribution in [0.1, 0.15) is 41.5 Å². The van der Waals surface area contributed by atoms with Crippen LogP contribution in [0.3, 0.4) is 0 Å². The third kappa shape index (κ3) is 8.95. The van der Waals surface area contributed by atoms with Crippen molar-refractivity contribution < 1.29 is 0 Å². The van der Waals surface area contributed by atoms with Crippen molar-refractivity contribution in [1.29, 1.82) is 0 Å². The highest BCUT2D eigenvalue weighted by Gasteiger charge is 2.36. The molecule has 0 radical (unpaired) electrons. The van der Waals surface area contributed by atoms with Crippen LogP contribution in [0, 0.1) is 0 Å². The van der Waals surface area contributed by atoms with Crippen molar-refractivity contribution in [1.82, 2.24) is 0 Å². The molecule has 0 saturated heterocycles.